The average molecular weight is 395 g/mol. The summed E-state index contributed by atoms with van der Waals surface area (Å²) in [5.41, 5.74) is -0.440. The van der Waals surface area contributed by atoms with Crippen molar-refractivity contribution in [2.24, 2.45) is 0 Å². The SMILES string of the molecule is CCN(C(=O)c1nn(-c2cccc(C(F)(F)F)c2)cc1OC)C1CCCCC1. The van der Waals surface area contributed by atoms with Gasteiger partial charge in [-0.2, -0.15) is 18.3 Å². The molecule has 0 saturated heterocycles. The van der Waals surface area contributed by atoms with E-state index in [-0.39, 0.29) is 29.1 Å². The molecule has 152 valence electrons. The van der Waals surface area contributed by atoms with E-state index in [0.717, 1.165) is 37.8 Å². The van der Waals surface area contributed by atoms with Crippen molar-refractivity contribution in [3.63, 3.8) is 0 Å². The highest BCUT2D eigenvalue weighted by atomic mass is 19.4. The van der Waals surface area contributed by atoms with Crippen LogP contribution in [-0.2, 0) is 6.18 Å². The van der Waals surface area contributed by atoms with Crippen molar-refractivity contribution in [3.05, 3.63) is 41.7 Å². The van der Waals surface area contributed by atoms with Crippen LogP contribution in [0, 0.1) is 0 Å². The quantitative estimate of drug-likeness (QED) is 0.738. The van der Waals surface area contributed by atoms with Crippen LogP contribution >= 0.6 is 0 Å². The zero-order valence-corrected chi connectivity index (χ0v) is 16.0. The van der Waals surface area contributed by atoms with E-state index in [9.17, 15) is 18.0 Å². The molecule has 0 aliphatic heterocycles. The Hall–Kier alpha value is -2.51. The molecule has 0 atom stereocenters. The van der Waals surface area contributed by atoms with Crippen molar-refractivity contribution in [3.8, 4) is 11.4 Å². The summed E-state index contributed by atoms with van der Waals surface area (Å²) in [5, 5.41) is 4.27. The molecule has 1 aliphatic rings. The number of amides is 1. The van der Waals surface area contributed by atoms with Crippen LogP contribution < -0.4 is 4.74 Å². The summed E-state index contributed by atoms with van der Waals surface area (Å²) in [4.78, 5) is 14.9. The number of hydrogen-bond donors (Lipinski definition) is 0. The second-order valence-electron chi connectivity index (χ2n) is 6.92. The Bertz CT molecular complexity index is 826. The molecule has 0 N–H and O–H groups in total. The van der Waals surface area contributed by atoms with E-state index in [0.29, 0.717) is 6.54 Å². The van der Waals surface area contributed by atoms with Gasteiger partial charge in [0.2, 0.25) is 0 Å². The van der Waals surface area contributed by atoms with Gasteiger partial charge in [0.15, 0.2) is 11.4 Å². The summed E-state index contributed by atoms with van der Waals surface area (Å²) < 4.78 is 45.6. The van der Waals surface area contributed by atoms with Crippen LogP contribution in [0.5, 0.6) is 5.75 Å². The van der Waals surface area contributed by atoms with Crippen LogP contribution in [0.1, 0.15) is 55.1 Å². The molecule has 0 bridgehead atoms. The molecule has 1 fully saturated rings. The van der Waals surface area contributed by atoms with Crippen molar-refractivity contribution >= 4 is 5.91 Å². The zero-order valence-electron chi connectivity index (χ0n) is 16.0. The molecule has 0 unspecified atom stereocenters. The predicted molar refractivity (Wildman–Crippen MR) is 98.7 cm³/mol. The van der Waals surface area contributed by atoms with Gasteiger partial charge in [0.1, 0.15) is 0 Å². The van der Waals surface area contributed by atoms with Gasteiger partial charge in [-0.05, 0) is 38.0 Å². The van der Waals surface area contributed by atoms with Gasteiger partial charge in [0, 0.05) is 12.6 Å². The third-order valence-electron chi connectivity index (χ3n) is 5.16. The third-order valence-corrected chi connectivity index (χ3v) is 5.16. The molecule has 1 amide bonds. The molecule has 5 nitrogen and oxygen atoms in total. The highest BCUT2D eigenvalue weighted by Crippen LogP contribution is 2.31. The lowest BCUT2D eigenvalue weighted by molar-refractivity contribution is -0.137. The minimum atomic E-state index is -4.45. The first kappa shape index (κ1) is 20.2. The number of methoxy groups -OCH3 is 1. The molecular weight excluding hydrogens is 371 g/mol. The number of carbonyl (C=O) groups excluding carboxylic acids is 1. The second kappa shape index (κ2) is 8.24. The maximum Gasteiger partial charge on any atom is 0.416 e. The van der Waals surface area contributed by atoms with Gasteiger partial charge in [-0.15, -0.1) is 0 Å². The Balaban J connectivity index is 1.93. The third kappa shape index (κ3) is 4.15. The lowest BCUT2D eigenvalue weighted by atomic mass is 9.94. The number of carbonyl (C=O) groups is 1. The van der Waals surface area contributed by atoms with Crippen LogP contribution in [-0.4, -0.2) is 40.3 Å². The number of alkyl halides is 3. The number of benzene rings is 1. The van der Waals surface area contributed by atoms with Crippen molar-refractivity contribution in [1.82, 2.24) is 14.7 Å². The van der Waals surface area contributed by atoms with E-state index < -0.39 is 11.7 Å². The zero-order chi connectivity index (χ0) is 20.3. The monoisotopic (exact) mass is 395 g/mol. The number of halogens is 3. The van der Waals surface area contributed by atoms with Gasteiger partial charge in [0.05, 0.1) is 24.6 Å². The number of hydrogen-bond acceptors (Lipinski definition) is 3. The second-order valence-corrected chi connectivity index (χ2v) is 6.92. The maximum absolute atomic E-state index is 13.1. The van der Waals surface area contributed by atoms with Gasteiger partial charge in [0.25, 0.3) is 5.91 Å². The van der Waals surface area contributed by atoms with E-state index in [4.69, 9.17) is 4.74 Å². The first-order valence-corrected chi connectivity index (χ1v) is 9.47. The molecule has 1 heterocycles. The molecular formula is C20H24F3N3O2. The summed E-state index contributed by atoms with van der Waals surface area (Å²) in [6.07, 6.45) is 2.25. The Labute approximate surface area is 162 Å². The molecule has 1 saturated carbocycles. The minimum absolute atomic E-state index is 0.118. The summed E-state index contributed by atoms with van der Waals surface area (Å²) in [7, 11) is 1.42. The average Bonchev–Trinajstić information content (AvgIpc) is 3.13. The van der Waals surface area contributed by atoms with Gasteiger partial charge >= 0.3 is 6.18 Å². The minimum Gasteiger partial charge on any atom is -0.493 e. The van der Waals surface area contributed by atoms with E-state index in [1.165, 1.54) is 36.5 Å². The summed E-state index contributed by atoms with van der Waals surface area (Å²) >= 11 is 0. The fourth-order valence-corrected chi connectivity index (χ4v) is 3.71. The lowest BCUT2D eigenvalue weighted by Crippen LogP contribution is -2.41. The number of nitrogens with zero attached hydrogens (tertiary/aromatic N) is 3. The fourth-order valence-electron chi connectivity index (χ4n) is 3.71. The van der Waals surface area contributed by atoms with Crippen LogP contribution in [0.15, 0.2) is 30.5 Å². The highest BCUT2D eigenvalue weighted by Gasteiger charge is 2.32. The van der Waals surface area contributed by atoms with Crippen LogP contribution in [0.25, 0.3) is 5.69 Å². The number of rotatable bonds is 5. The smallest absolute Gasteiger partial charge is 0.416 e. The molecule has 2 aromatic rings. The molecule has 28 heavy (non-hydrogen) atoms. The normalized spacial score (nSPS) is 15.5. The fraction of sp³-hybridized carbons (Fsp3) is 0.500. The van der Waals surface area contributed by atoms with Crippen molar-refractivity contribution < 1.29 is 22.7 Å². The lowest BCUT2D eigenvalue weighted by Gasteiger charge is -2.33. The van der Waals surface area contributed by atoms with Crippen LogP contribution in [0.4, 0.5) is 13.2 Å². The molecule has 3 rings (SSSR count). The molecule has 0 spiro atoms. The Morgan fingerprint density at radius 1 is 1.29 bits per heavy atom. The Morgan fingerprint density at radius 2 is 2.00 bits per heavy atom. The van der Waals surface area contributed by atoms with Crippen LogP contribution in [0.3, 0.4) is 0 Å². The van der Waals surface area contributed by atoms with E-state index in [2.05, 4.69) is 5.10 Å². The van der Waals surface area contributed by atoms with Crippen LogP contribution in [0.2, 0.25) is 0 Å². The molecule has 8 heteroatoms. The van der Waals surface area contributed by atoms with Crippen molar-refractivity contribution in [2.45, 2.75) is 51.2 Å². The van der Waals surface area contributed by atoms with Crippen molar-refractivity contribution in [2.75, 3.05) is 13.7 Å². The first-order chi connectivity index (χ1) is 13.3. The predicted octanol–water partition coefficient (Wildman–Crippen LogP) is 4.69. The van der Waals surface area contributed by atoms with Crippen molar-refractivity contribution in [1.29, 1.82) is 0 Å². The number of ether oxygens (including phenoxy) is 1. The highest BCUT2D eigenvalue weighted by molar-refractivity contribution is 5.95. The van der Waals surface area contributed by atoms with Gasteiger partial charge < -0.3 is 9.64 Å². The standard InChI is InChI=1S/C20H24F3N3O2/c1-3-25(15-9-5-4-6-10-15)19(27)18-17(28-2)13-26(24-18)16-11-7-8-14(12-16)20(21,22)23/h7-8,11-13,15H,3-6,9-10H2,1-2H3. The molecule has 1 aromatic heterocycles. The topological polar surface area (TPSA) is 47.4 Å². The summed E-state index contributed by atoms with van der Waals surface area (Å²) in [6, 6.07) is 4.98. The summed E-state index contributed by atoms with van der Waals surface area (Å²) in [5.74, 6) is -0.00588. The Morgan fingerprint density at radius 3 is 2.61 bits per heavy atom. The number of aromatic nitrogens is 2. The molecule has 0 radical (unpaired) electrons. The molecule has 1 aliphatic carbocycles. The van der Waals surface area contributed by atoms with E-state index in [1.54, 1.807) is 4.90 Å². The molecule has 1 aromatic carbocycles. The first-order valence-electron chi connectivity index (χ1n) is 9.47. The Kier molecular flexibility index (Phi) is 5.96. The van der Waals surface area contributed by atoms with E-state index >= 15 is 0 Å². The van der Waals surface area contributed by atoms with Gasteiger partial charge in [-0.3, -0.25) is 4.79 Å². The van der Waals surface area contributed by atoms with Gasteiger partial charge in [-0.1, -0.05) is 25.3 Å². The summed E-state index contributed by atoms with van der Waals surface area (Å²) in [6.45, 7) is 2.46. The maximum atomic E-state index is 13.1. The van der Waals surface area contributed by atoms with E-state index in [1.807, 2.05) is 6.92 Å². The van der Waals surface area contributed by atoms with Gasteiger partial charge in [-0.25, -0.2) is 4.68 Å². The largest absolute Gasteiger partial charge is 0.493 e.